The Morgan fingerprint density at radius 2 is 1.56 bits per heavy atom. The molecule has 9 heteroatoms. The number of rotatable bonds is 6. The van der Waals surface area contributed by atoms with Gasteiger partial charge in [-0.05, 0) is 76.1 Å². The number of benzene rings is 4. The number of nitrogens with zero attached hydrogens (tertiary/aromatic N) is 1. The molecule has 4 aromatic rings. The van der Waals surface area contributed by atoms with E-state index >= 15 is 0 Å². The Hall–Kier alpha value is -3.95. The Balaban J connectivity index is 1.29. The monoisotopic (exact) mass is 519 g/mol. The average molecular weight is 520 g/mol. The van der Waals surface area contributed by atoms with Gasteiger partial charge in [0.2, 0.25) is 0 Å². The number of hydrogen-bond donors (Lipinski definition) is 0. The van der Waals surface area contributed by atoms with Gasteiger partial charge in [-0.2, -0.15) is 8.42 Å². The summed E-state index contributed by atoms with van der Waals surface area (Å²) in [6.45, 7) is 0.0433. The molecule has 1 heterocycles. The van der Waals surface area contributed by atoms with Gasteiger partial charge in [0.1, 0.15) is 16.5 Å². The molecule has 1 saturated heterocycles. The number of carbonyl (C=O) groups excluding carboxylic acids is 2. The maximum absolute atomic E-state index is 13.1. The summed E-state index contributed by atoms with van der Waals surface area (Å²) in [5.74, 6) is -0.733. The fraction of sp³-hybridized carbons (Fsp3) is 0.0370. The van der Waals surface area contributed by atoms with E-state index in [1.54, 1.807) is 30.3 Å². The minimum atomic E-state index is -4.04. The lowest BCUT2D eigenvalue weighted by Crippen LogP contribution is -2.27. The molecule has 180 valence electrons. The van der Waals surface area contributed by atoms with E-state index in [4.69, 9.17) is 4.18 Å². The lowest BCUT2D eigenvalue weighted by molar-refractivity contribution is -0.123. The van der Waals surface area contributed by atoms with E-state index in [1.165, 1.54) is 42.5 Å². The molecule has 0 aromatic heterocycles. The molecule has 0 aliphatic carbocycles. The highest BCUT2D eigenvalue weighted by atomic mass is 32.2. The van der Waals surface area contributed by atoms with E-state index in [2.05, 4.69) is 0 Å². The standard InChI is InChI=1S/C27H18FNO5S2/c28-22-10-5-19(6-11-22)17-29-26(30)25(35-27(29)31)15-18-7-12-23(13-8-18)34-36(32,33)24-14-9-20-3-1-2-4-21(20)16-24/h1-16H,17H2/b25-15-. The van der Waals surface area contributed by atoms with Crippen molar-refractivity contribution in [2.24, 2.45) is 0 Å². The zero-order valence-corrected chi connectivity index (χ0v) is 20.3. The maximum atomic E-state index is 13.1. The van der Waals surface area contributed by atoms with Gasteiger partial charge >= 0.3 is 10.1 Å². The van der Waals surface area contributed by atoms with Crippen molar-refractivity contribution in [1.29, 1.82) is 0 Å². The van der Waals surface area contributed by atoms with Gasteiger partial charge in [-0.15, -0.1) is 0 Å². The van der Waals surface area contributed by atoms with Crippen LogP contribution in [0, 0.1) is 5.82 Å². The first kappa shape index (κ1) is 23.8. The highest BCUT2D eigenvalue weighted by Gasteiger charge is 2.35. The third-order valence-electron chi connectivity index (χ3n) is 5.52. The third-order valence-corrected chi connectivity index (χ3v) is 7.67. The minimum Gasteiger partial charge on any atom is -0.379 e. The van der Waals surface area contributed by atoms with Gasteiger partial charge in [0.15, 0.2) is 0 Å². The number of imide groups is 1. The van der Waals surface area contributed by atoms with Crippen LogP contribution in [-0.4, -0.2) is 24.5 Å². The number of hydrogen-bond acceptors (Lipinski definition) is 6. The topological polar surface area (TPSA) is 80.8 Å². The van der Waals surface area contributed by atoms with E-state index in [-0.39, 0.29) is 22.1 Å². The lowest BCUT2D eigenvalue weighted by Gasteiger charge is -2.12. The van der Waals surface area contributed by atoms with Crippen LogP contribution in [0.4, 0.5) is 9.18 Å². The molecule has 0 unspecified atom stereocenters. The fourth-order valence-electron chi connectivity index (χ4n) is 3.68. The van der Waals surface area contributed by atoms with Crippen LogP contribution in [0.2, 0.25) is 0 Å². The molecule has 36 heavy (non-hydrogen) atoms. The third kappa shape index (κ3) is 5.02. The van der Waals surface area contributed by atoms with E-state index < -0.39 is 27.1 Å². The van der Waals surface area contributed by atoms with E-state index in [0.717, 1.165) is 27.4 Å². The van der Waals surface area contributed by atoms with E-state index in [1.807, 2.05) is 24.3 Å². The van der Waals surface area contributed by atoms with Crippen molar-refractivity contribution >= 4 is 49.9 Å². The Morgan fingerprint density at radius 1 is 0.861 bits per heavy atom. The van der Waals surface area contributed by atoms with Crippen LogP contribution < -0.4 is 4.18 Å². The summed E-state index contributed by atoms with van der Waals surface area (Å²) in [5.41, 5.74) is 1.23. The largest absolute Gasteiger partial charge is 0.379 e. The number of halogens is 1. The van der Waals surface area contributed by atoms with Crippen molar-refractivity contribution in [2.75, 3.05) is 0 Å². The fourth-order valence-corrected chi connectivity index (χ4v) is 5.48. The van der Waals surface area contributed by atoms with Gasteiger partial charge < -0.3 is 4.18 Å². The van der Waals surface area contributed by atoms with E-state index in [9.17, 15) is 22.4 Å². The molecule has 1 aliphatic heterocycles. The predicted molar refractivity (Wildman–Crippen MR) is 136 cm³/mol. The number of thioether (sulfide) groups is 1. The number of amides is 2. The second kappa shape index (κ2) is 9.60. The summed E-state index contributed by atoms with van der Waals surface area (Å²) in [4.78, 5) is 26.5. The second-order valence-electron chi connectivity index (χ2n) is 8.01. The van der Waals surface area contributed by atoms with Crippen LogP contribution in [0.25, 0.3) is 16.8 Å². The van der Waals surface area contributed by atoms with Crippen molar-refractivity contribution in [2.45, 2.75) is 11.4 Å². The van der Waals surface area contributed by atoms with Crippen molar-refractivity contribution in [3.63, 3.8) is 0 Å². The summed E-state index contributed by atoms with van der Waals surface area (Å²) in [6, 6.07) is 23.9. The molecule has 6 nitrogen and oxygen atoms in total. The quantitative estimate of drug-likeness (QED) is 0.230. The molecule has 0 atom stereocenters. The van der Waals surface area contributed by atoms with Gasteiger partial charge in [-0.1, -0.05) is 54.6 Å². The Labute approximate surface area is 211 Å². The highest BCUT2D eigenvalue weighted by molar-refractivity contribution is 8.18. The lowest BCUT2D eigenvalue weighted by atomic mass is 10.1. The molecule has 4 aromatic carbocycles. The molecule has 0 spiro atoms. The van der Waals surface area contributed by atoms with Crippen LogP contribution in [0.15, 0.2) is 101 Å². The average Bonchev–Trinajstić information content (AvgIpc) is 3.13. The van der Waals surface area contributed by atoms with Crippen LogP contribution in [0.3, 0.4) is 0 Å². The van der Waals surface area contributed by atoms with Crippen LogP contribution in [0.5, 0.6) is 5.75 Å². The smallest absolute Gasteiger partial charge is 0.339 e. The molecule has 2 amide bonds. The molecule has 1 fully saturated rings. The molecule has 1 aliphatic rings. The molecule has 0 radical (unpaired) electrons. The molecule has 5 rings (SSSR count). The van der Waals surface area contributed by atoms with E-state index in [0.29, 0.717) is 11.1 Å². The summed E-state index contributed by atoms with van der Waals surface area (Å²) in [6.07, 6.45) is 1.55. The Morgan fingerprint density at radius 3 is 2.28 bits per heavy atom. The Bertz CT molecular complexity index is 1610. The van der Waals surface area contributed by atoms with Gasteiger partial charge in [0.05, 0.1) is 11.4 Å². The number of fused-ring (bicyclic) bond motifs is 1. The van der Waals surface area contributed by atoms with Gasteiger partial charge in [-0.3, -0.25) is 14.5 Å². The summed E-state index contributed by atoms with van der Waals surface area (Å²) < 4.78 is 43.9. The molecule has 0 bridgehead atoms. The van der Waals surface area contributed by atoms with Gasteiger partial charge in [0, 0.05) is 0 Å². The van der Waals surface area contributed by atoms with Crippen molar-refractivity contribution in [1.82, 2.24) is 4.90 Å². The summed E-state index contributed by atoms with van der Waals surface area (Å²) in [7, 11) is -4.04. The first-order chi connectivity index (χ1) is 17.3. The predicted octanol–water partition coefficient (Wildman–Crippen LogP) is 5.98. The SMILES string of the molecule is O=C1S/C(=C\c2ccc(OS(=O)(=O)c3ccc4ccccc4c3)cc2)C(=O)N1Cc1ccc(F)cc1. The highest BCUT2D eigenvalue weighted by Crippen LogP contribution is 2.33. The van der Waals surface area contributed by atoms with Crippen molar-refractivity contribution in [3.8, 4) is 5.75 Å². The van der Waals surface area contributed by atoms with Crippen molar-refractivity contribution < 1.29 is 26.6 Å². The van der Waals surface area contributed by atoms with Gasteiger partial charge in [0.25, 0.3) is 11.1 Å². The molecule has 0 saturated carbocycles. The zero-order chi connectivity index (χ0) is 25.3. The normalized spacial score (nSPS) is 15.1. The summed E-state index contributed by atoms with van der Waals surface area (Å²) >= 11 is 0.809. The second-order valence-corrected chi connectivity index (χ2v) is 10.5. The molecular weight excluding hydrogens is 501 g/mol. The summed E-state index contributed by atoms with van der Waals surface area (Å²) in [5, 5.41) is 1.28. The Kier molecular flexibility index (Phi) is 6.34. The molecule has 0 N–H and O–H groups in total. The van der Waals surface area contributed by atoms with Crippen LogP contribution in [-0.2, 0) is 21.5 Å². The first-order valence-corrected chi connectivity index (χ1v) is 13.0. The van der Waals surface area contributed by atoms with Crippen LogP contribution in [0.1, 0.15) is 11.1 Å². The first-order valence-electron chi connectivity index (χ1n) is 10.8. The minimum absolute atomic E-state index is 0.0418. The van der Waals surface area contributed by atoms with Crippen molar-refractivity contribution in [3.05, 3.63) is 113 Å². The number of carbonyl (C=O) groups is 2. The maximum Gasteiger partial charge on any atom is 0.339 e. The molecular formula is C27H18FNO5S2. The zero-order valence-electron chi connectivity index (χ0n) is 18.6. The van der Waals surface area contributed by atoms with Gasteiger partial charge in [-0.25, -0.2) is 4.39 Å². The van der Waals surface area contributed by atoms with Crippen LogP contribution >= 0.6 is 11.8 Å².